The van der Waals surface area contributed by atoms with E-state index in [4.69, 9.17) is 0 Å². The van der Waals surface area contributed by atoms with Crippen LogP contribution in [0.15, 0.2) is 6.33 Å². The van der Waals surface area contributed by atoms with Crippen LogP contribution in [0.1, 0.15) is 37.9 Å². The van der Waals surface area contributed by atoms with E-state index in [9.17, 15) is 5.26 Å². The molecule has 0 spiro atoms. The van der Waals surface area contributed by atoms with E-state index >= 15 is 0 Å². The number of hydrogen-bond acceptors (Lipinski definition) is 4. The van der Waals surface area contributed by atoms with E-state index in [-0.39, 0.29) is 5.92 Å². The summed E-state index contributed by atoms with van der Waals surface area (Å²) in [5.41, 5.74) is 0. The minimum Gasteiger partial charge on any atom is -0.315 e. The lowest BCUT2D eigenvalue weighted by Crippen LogP contribution is -2.44. The Morgan fingerprint density at radius 3 is 3.00 bits per heavy atom. The number of nitrogens with zero attached hydrogens (tertiary/aromatic N) is 5. The molecule has 1 aromatic heterocycles. The van der Waals surface area contributed by atoms with Crippen LogP contribution in [0.5, 0.6) is 0 Å². The fraction of sp³-hybridized carbons (Fsp3) is 0.769. The molecule has 2 aliphatic rings. The molecule has 1 aliphatic heterocycles. The van der Waals surface area contributed by atoms with Crippen LogP contribution in [0.25, 0.3) is 0 Å². The molecule has 1 aliphatic carbocycles. The Balaban J connectivity index is 1.76. The van der Waals surface area contributed by atoms with Crippen LogP contribution >= 0.6 is 0 Å². The van der Waals surface area contributed by atoms with Crippen LogP contribution < -0.4 is 0 Å². The summed E-state index contributed by atoms with van der Waals surface area (Å²) in [7, 11) is 0. The highest BCUT2D eigenvalue weighted by Crippen LogP contribution is 2.29. The Hall–Kier alpha value is -1.41. The van der Waals surface area contributed by atoms with Gasteiger partial charge in [-0.05, 0) is 12.8 Å². The summed E-state index contributed by atoms with van der Waals surface area (Å²) < 4.78 is 2.12. The molecule has 5 nitrogen and oxygen atoms in total. The van der Waals surface area contributed by atoms with Crippen molar-refractivity contribution in [3.05, 3.63) is 12.2 Å². The Kier molecular flexibility index (Phi) is 3.28. The Labute approximate surface area is 107 Å². The molecule has 0 saturated heterocycles. The molecule has 0 bridgehead atoms. The highest BCUT2D eigenvalue weighted by Gasteiger charge is 2.31. The lowest BCUT2D eigenvalue weighted by molar-refractivity contribution is 0.118. The predicted molar refractivity (Wildman–Crippen MR) is 66.4 cm³/mol. The third-order valence-electron chi connectivity index (χ3n) is 4.28. The zero-order valence-corrected chi connectivity index (χ0v) is 10.6. The summed E-state index contributed by atoms with van der Waals surface area (Å²) in [5.74, 6) is 1.24. The fourth-order valence-electron chi connectivity index (χ4n) is 3.24. The lowest BCUT2D eigenvalue weighted by Gasteiger charge is -2.36. The molecule has 2 heterocycles. The molecule has 0 amide bonds. The minimum absolute atomic E-state index is 0.196. The van der Waals surface area contributed by atoms with Gasteiger partial charge in [0.25, 0.3) is 0 Å². The van der Waals surface area contributed by atoms with Crippen LogP contribution in [0.2, 0.25) is 0 Å². The summed E-state index contributed by atoms with van der Waals surface area (Å²) in [6, 6.07) is 2.94. The normalized spacial score (nSPS) is 29.3. The highest BCUT2D eigenvalue weighted by atomic mass is 15.3. The Morgan fingerprint density at radius 2 is 2.11 bits per heavy atom. The van der Waals surface area contributed by atoms with Gasteiger partial charge in [0.15, 0.2) is 0 Å². The number of aromatic nitrogens is 3. The number of fused-ring (bicyclic) bond motifs is 1. The van der Waals surface area contributed by atoms with E-state index in [1.165, 1.54) is 19.3 Å². The van der Waals surface area contributed by atoms with E-state index in [0.29, 0.717) is 6.04 Å². The summed E-state index contributed by atoms with van der Waals surface area (Å²) in [4.78, 5) is 2.45. The van der Waals surface area contributed by atoms with E-state index in [2.05, 4.69) is 25.7 Å². The van der Waals surface area contributed by atoms with Crippen molar-refractivity contribution in [3.63, 3.8) is 0 Å². The molecule has 0 aromatic carbocycles. The maximum Gasteiger partial charge on any atom is 0.147 e. The molecule has 1 fully saturated rings. The molecule has 3 rings (SSSR count). The van der Waals surface area contributed by atoms with Crippen molar-refractivity contribution < 1.29 is 0 Å². The molecule has 1 aromatic rings. The first-order valence-electron chi connectivity index (χ1n) is 6.89. The SMILES string of the molecule is N#CC1CCCCCC1N1CCn2cnnc2C1. The third-order valence-corrected chi connectivity index (χ3v) is 4.28. The summed E-state index contributed by atoms with van der Waals surface area (Å²) >= 11 is 0. The van der Waals surface area contributed by atoms with Crippen molar-refractivity contribution in [2.75, 3.05) is 6.54 Å². The predicted octanol–water partition coefficient (Wildman–Crippen LogP) is 1.57. The summed E-state index contributed by atoms with van der Waals surface area (Å²) in [6.07, 6.45) is 7.77. The molecule has 2 atom stereocenters. The Bertz CT molecular complexity index is 446. The molecular formula is C13H19N5. The molecule has 2 unspecified atom stereocenters. The van der Waals surface area contributed by atoms with Crippen LogP contribution in [0.4, 0.5) is 0 Å². The van der Waals surface area contributed by atoms with Crippen LogP contribution in [-0.4, -0.2) is 32.3 Å². The Morgan fingerprint density at radius 1 is 1.22 bits per heavy atom. The van der Waals surface area contributed by atoms with E-state index in [1.54, 1.807) is 0 Å². The van der Waals surface area contributed by atoms with Gasteiger partial charge >= 0.3 is 0 Å². The second-order valence-corrected chi connectivity index (χ2v) is 5.35. The molecule has 5 heteroatoms. The first-order valence-corrected chi connectivity index (χ1v) is 6.89. The summed E-state index contributed by atoms with van der Waals surface area (Å²) in [5, 5.41) is 17.5. The van der Waals surface area contributed by atoms with Gasteiger partial charge < -0.3 is 4.57 Å². The first kappa shape index (κ1) is 11.7. The third kappa shape index (κ3) is 2.13. The number of rotatable bonds is 1. The number of hydrogen-bond donors (Lipinski definition) is 0. The van der Waals surface area contributed by atoms with E-state index in [0.717, 1.165) is 38.3 Å². The molecule has 1 saturated carbocycles. The zero-order chi connectivity index (χ0) is 12.4. The standard InChI is InChI=1S/C13H19N5/c14-8-11-4-2-1-3-5-12(11)17-6-7-18-10-15-16-13(18)9-17/h10-12H,1-7,9H2. The van der Waals surface area contributed by atoms with Gasteiger partial charge in [-0.3, -0.25) is 4.90 Å². The zero-order valence-electron chi connectivity index (χ0n) is 10.6. The van der Waals surface area contributed by atoms with Gasteiger partial charge in [0.1, 0.15) is 12.2 Å². The van der Waals surface area contributed by atoms with Gasteiger partial charge in [-0.1, -0.05) is 19.3 Å². The van der Waals surface area contributed by atoms with Crippen molar-refractivity contribution in [3.8, 4) is 6.07 Å². The maximum atomic E-state index is 9.36. The molecular weight excluding hydrogens is 226 g/mol. The molecule has 0 N–H and O–H groups in total. The van der Waals surface area contributed by atoms with Gasteiger partial charge in [0, 0.05) is 19.1 Å². The monoisotopic (exact) mass is 245 g/mol. The highest BCUT2D eigenvalue weighted by molar-refractivity contribution is 4.98. The smallest absolute Gasteiger partial charge is 0.147 e. The van der Waals surface area contributed by atoms with Crippen LogP contribution in [-0.2, 0) is 13.1 Å². The van der Waals surface area contributed by atoms with Crippen LogP contribution in [0, 0.1) is 17.2 Å². The summed E-state index contributed by atoms with van der Waals surface area (Å²) in [6.45, 7) is 2.83. The van der Waals surface area contributed by atoms with Gasteiger partial charge in [-0.2, -0.15) is 5.26 Å². The van der Waals surface area contributed by atoms with Crippen molar-refractivity contribution in [1.29, 1.82) is 5.26 Å². The van der Waals surface area contributed by atoms with Gasteiger partial charge in [-0.25, -0.2) is 0 Å². The lowest BCUT2D eigenvalue weighted by atomic mass is 9.94. The second-order valence-electron chi connectivity index (χ2n) is 5.35. The van der Waals surface area contributed by atoms with Gasteiger partial charge in [0.2, 0.25) is 0 Å². The van der Waals surface area contributed by atoms with Crippen LogP contribution in [0.3, 0.4) is 0 Å². The van der Waals surface area contributed by atoms with E-state index in [1.807, 2.05) is 6.33 Å². The maximum absolute atomic E-state index is 9.36. The molecule has 18 heavy (non-hydrogen) atoms. The minimum atomic E-state index is 0.196. The molecule has 0 radical (unpaired) electrons. The molecule has 96 valence electrons. The topological polar surface area (TPSA) is 57.7 Å². The van der Waals surface area contributed by atoms with Gasteiger partial charge in [-0.15, -0.1) is 10.2 Å². The van der Waals surface area contributed by atoms with Crippen molar-refractivity contribution in [2.24, 2.45) is 5.92 Å². The van der Waals surface area contributed by atoms with Crippen molar-refractivity contribution in [1.82, 2.24) is 19.7 Å². The quantitative estimate of drug-likeness (QED) is 0.705. The number of nitriles is 1. The van der Waals surface area contributed by atoms with E-state index < -0.39 is 0 Å². The van der Waals surface area contributed by atoms with Gasteiger partial charge in [0.05, 0.1) is 18.5 Å². The van der Waals surface area contributed by atoms with Crippen molar-refractivity contribution >= 4 is 0 Å². The largest absolute Gasteiger partial charge is 0.315 e. The van der Waals surface area contributed by atoms with Crippen molar-refractivity contribution in [2.45, 2.75) is 51.2 Å². The fourth-order valence-corrected chi connectivity index (χ4v) is 3.24. The average Bonchev–Trinajstić information content (AvgIpc) is 2.74. The first-order chi connectivity index (χ1) is 8.88. The average molecular weight is 245 g/mol. The second kappa shape index (κ2) is 5.07.